The Morgan fingerprint density at radius 3 is 2.43 bits per heavy atom. The van der Waals surface area contributed by atoms with E-state index in [9.17, 15) is 24.0 Å². The number of piperidine rings is 1. The van der Waals surface area contributed by atoms with Gasteiger partial charge in [-0.15, -0.1) is 0 Å². The van der Waals surface area contributed by atoms with Crippen LogP contribution in [0.15, 0.2) is 41.3 Å². The van der Waals surface area contributed by atoms with Crippen LogP contribution in [-0.4, -0.2) is 91.1 Å². The summed E-state index contributed by atoms with van der Waals surface area (Å²) in [6.45, 7) is 15.8. The summed E-state index contributed by atoms with van der Waals surface area (Å²) in [7, 11) is 1.70. The Balaban J connectivity index is 0.00000261. The topological polar surface area (TPSA) is 195 Å². The van der Waals surface area contributed by atoms with Gasteiger partial charge in [0, 0.05) is 44.3 Å². The number of imide groups is 1. The number of rotatable bonds is 16. The maximum absolute atomic E-state index is 13.5. The Morgan fingerprint density at radius 1 is 1.00 bits per heavy atom. The standard InChI is InChI=1S/C40H55N9O8.C2H6.CH4/c1-25(2)42-38(53)57-28-13-12-27(23-28)29-24-33(49(45-29)40(3,4)5)43-36(51)31-16-17-41-47(31)18-20-56-22-21-55-19-8-10-26-9-7-11-30-35(26)46(6)39(54)48(30)32-14-15-34(50)44-37(32)52;1-2;/h7,9,11,16-17,24-25,27-28,32H,8,10,12-15,18-23H2,1-6H3,(H,42,53)(H,43,51)(H,44,50,52);1-2H3;1H4. The monoisotopic (exact) mass is 835 g/mol. The summed E-state index contributed by atoms with van der Waals surface area (Å²) in [4.78, 5) is 63.1. The molecule has 3 atom stereocenters. The quantitative estimate of drug-likeness (QED) is 0.0915. The van der Waals surface area contributed by atoms with E-state index in [1.54, 1.807) is 28.6 Å². The van der Waals surface area contributed by atoms with Crippen LogP contribution in [0.25, 0.3) is 11.0 Å². The molecule has 6 rings (SSSR count). The second-order valence-electron chi connectivity index (χ2n) is 16.1. The average Bonchev–Trinajstić information content (AvgIpc) is 3.99. The Kier molecular flexibility index (Phi) is 16.8. The van der Waals surface area contributed by atoms with Crippen LogP contribution in [0.2, 0.25) is 0 Å². The zero-order valence-corrected chi connectivity index (χ0v) is 35.7. The van der Waals surface area contributed by atoms with Crippen molar-refractivity contribution in [3.05, 3.63) is 64.0 Å². The van der Waals surface area contributed by atoms with E-state index in [4.69, 9.17) is 19.3 Å². The number of carbonyl (C=O) groups is 4. The molecule has 4 heterocycles. The van der Waals surface area contributed by atoms with Gasteiger partial charge in [0.1, 0.15) is 23.7 Å². The molecule has 1 aliphatic heterocycles. The number of aryl methyl sites for hydroxylation is 2. The van der Waals surface area contributed by atoms with Gasteiger partial charge in [0.05, 0.1) is 48.6 Å². The van der Waals surface area contributed by atoms with Gasteiger partial charge in [-0.05, 0) is 90.8 Å². The second-order valence-corrected chi connectivity index (χ2v) is 16.1. The minimum absolute atomic E-state index is 0. The van der Waals surface area contributed by atoms with Crippen molar-refractivity contribution in [3.8, 4) is 0 Å². The third kappa shape index (κ3) is 11.5. The van der Waals surface area contributed by atoms with E-state index in [2.05, 4.69) is 21.0 Å². The highest BCUT2D eigenvalue weighted by Crippen LogP contribution is 2.37. The molecule has 0 spiro atoms. The van der Waals surface area contributed by atoms with Gasteiger partial charge in [-0.3, -0.25) is 33.5 Å². The summed E-state index contributed by atoms with van der Waals surface area (Å²) in [5, 5.41) is 17.4. The molecule has 1 aromatic carbocycles. The van der Waals surface area contributed by atoms with Gasteiger partial charge in [-0.25, -0.2) is 14.3 Å². The molecule has 2 aliphatic rings. The minimum atomic E-state index is -0.725. The first-order valence-electron chi connectivity index (χ1n) is 20.8. The fourth-order valence-corrected chi connectivity index (χ4v) is 7.61. The van der Waals surface area contributed by atoms with E-state index in [1.807, 2.05) is 77.4 Å². The van der Waals surface area contributed by atoms with Gasteiger partial charge >= 0.3 is 11.8 Å². The average molecular weight is 836 g/mol. The summed E-state index contributed by atoms with van der Waals surface area (Å²) < 4.78 is 23.7. The summed E-state index contributed by atoms with van der Waals surface area (Å²) in [6, 6.07) is 8.54. The molecule has 0 bridgehead atoms. The first-order chi connectivity index (χ1) is 28.2. The van der Waals surface area contributed by atoms with Crippen LogP contribution in [0.1, 0.15) is 128 Å². The predicted octanol–water partition coefficient (Wildman–Crippen LogP) is 5.82. The number of benzene rings is 1. The molecule has 1 saturated heterocycles. The van der Waals surface area contributed by atoms with E-state index in [1.165, 1.54) is 4.57 Å². The number of nitrogens with one attached hydrogen (secondary N) is 3. The van der Waals surface area contributed by atoms with E-state index >= 15 is 0 Å². The number of fused-ring (bicyclic) bond motifs is 1. The van der Waals surface area contributed by atoms with Gasteiger partial charge in [-0.1, -0.05) is 33.4 Å². The van der Waals surface area contributed by atoms with Crippen LogP contribution >= 0.6 is 0 Å². The molecule has 17 nitrogen and oxygen atoms in total. The lowest BCUT2D eigenvalue weighted by Gasteiger charge is -2.22. The van der Waals surface area contributed by atoms with Gasteiger partial charge in [-0.2, -0.15) is 10.2 Å². The first-order valence-corrected chi connectivity index (χ1v) is 20.8. The molecule has 1 aliphatic carbocycles. The number of nitrogens with zero attached hydrogens (tertiary/aromatic N) is 6. The molecule has 4 aromatic rings. The lowest BCUT2D eigenvalue weighted by molar-refractivity contribution is -0.135. The Labute approximate surface area is 352 Å². The Morgan fingerprint density at radius 2 is 1.73 bits per heavy atom. The van der Waals surface area contributed by atoms with E-state index in [-0.39, 0.29) is 55.8 Å². The minimum Gasteiger partial charge on any atom is -0.446 e. The van der Waals surface area contributed by atoms with Gasteiger partial charge in [0.15, 0.2) is 0 Å². The molecule has 60 heavy (non-hydrogen) atoms. The van der Waals surface area contributed by atoms with Crippen molar-refractivity contribution in [1.29, 1.82) is 0 Å². The van der Waals surface area contributed by atoms with Gasteiger partial charge < -0.3 is 24.8 Å². The van der Waals surface area contributed by atoms with Crippen molar-refractivity contribution in [3.63, 3.8) is 0 Å². The number of amides is 4. The van der Waals surface area contributed by atoms with Gasteiger partial charge in [0.2, 0.25) is 11.8 Å². The summed E-state index contributed by atoms with van der Waals surface area (Å²) in [5.74, 6) is -0.405. The number of anilines is 1. The zero-order chi connectivity index (χ0) is 42.9. The molecular weight excluding hydrogens is 771 g/mol. The van der Waals surface area contributed by atoms with E-state index in [0.717, 1.165) is 29.6 Å². The molecule has 2 fully saturated rings. The lowest BCUT2D eigenvalue weighted by Crippen LogP contribution is -2.44. The smallest absolute Gasteiger partial charge is 0.407 e. The molecule has 3 aromatic heterocycles. The fraction of sp³-hybridized carbons (Fsp3) is 0.605. The Bertz CT molecular complexity index is 2140. The number of ether oxygens (including phenoxy) is 3. The van der Waals surface area contributed by atoms with Crippen molar-refractivity contribution in [2.75, 3.05) is 31.7 Å². The highest BCUT2D eigenvalue weighted by Gasteiger charge is 2.33. The van der Waals surface area contributed by atoms with Crippen molar-refractivity contribution in [2.24, 2.45) is 7.05 Å². The molecule has 17 heteroatoms. The van der Waals surface area contributed by atoms with E-state index < -0.39 is 23.6 Å². The third-order valence-electron chi connectivity index (χ3n) is 10.3. The van der Waals surface area contributed by atoms with Gasteiger partial charge in [0.25, 0.3) is 5.91 Å². The highest BCUT2D eigenvalue weighted by molar-refractivity contribution is 6.02. The first kappa shape index (κ1) is 47.4. The molecule has 0 radical (unpaired) electrons. The maximum atomic E-state index is 13.5. The number of carbonyl (C=O) groups excluding carboxylic acids is 4. The van der Waals surface area contributed by atoms with Crippen LogP contribution in [0.5, 0.6) is 0 Å². The molecular formula is C43H65N9O8. The van der Waals surface area contributed by atoms with Crippen LogP contribution in [0.3, 0.4) is 0 Å². The van der Waals surface area contributed by atoms with Crippen LogP contribution in [0, 0.1) is 0 Å². The molecule has 330 valence electrons. The predicted molar refractivity (Wildman–Crippen MR) is 229 cm³/mol. The summed E-state index contributed by atoms with van der Waals surface area (Å²) in [6.07, 6.45) is 5.10. The number of alkyl carbamates (subject to hydrolysis) is 1. The van der Waals surface area contributed by atoms with Crippen molar-refractivity contribution in [1.82, 2.24) is 39.3 Å². The van der Waals surface area contributed by atoms with Crippen LogP contribution < -0.4 is 21.6 Å². The van der Waals surface area contributed by atoms with Crippen LogP contribution in [0.4, 0.5) is 10.6 Å². The third-order valence-corrected chi connectivity index (χ3v) is 10.3. The maximum Gasteiger partial charge on any atom is 0.407 e. The second kappa shape index (κ2) is 21.3. The van der Waals surface area contributed by atoms with Crippen molar-refractivity contribution >= 4 is 40.7 Å². The number of hydrogen-bond acceptors (Lipinski definition) is 10. The molecule has 4 amide bonds. The lowest BCUT2D eigenvalue weighted by atomic mass is 10.0. The SMILES string of the molecule is C.CC.CC(C)NC(=O)OC1CCC(c2cc(NC(=O)c3ccnn3CCOCCOCCCc3cccc4c3n(C)c(=O)n4C3CCC(=O)NC3=O)n(C(C)(C)C)n2)C1. The van der Waals surface area contributed by atoms with Crippen molar-refractivity contribution < 1.29 is 33.4 Å². The molecule has 1 saturated carbocycles. The number of para-hydroxylation sites is 1. The summed E-state index contributed by atoms with van der Waals surface area (Å²) in [5.41, 5.74) is 2.97. The zero-order valence-electron chi connectivity index (χ0n) is 35.7. The van der Waals surface area contributed by atoms with Crippen molar-refractivity contribution in [2.45, 2.75) is 137 Å². The summed E-state index contributed by atoms with van der Waals surface area (Å²) >= 11 is 0. The molecule has 3 N–H and O–H groups in total. The van der Waals surface area contributed by atoms with Crippen LogP contribution in [-0.2, 0) is 49.4 Å². The highest BCUT2D eigenvalue weighted by atomic mass is 16.6. The number of hydrogen-bond donors (Lipinski definition) is 3. The number of imidazole rings is 1. The number of aromatic nitrogens is 6. The Hall–Kier alpha value is -5.29. The largest absolute Gasteiger partial charge is 0.446 e. The molecule has 3 unspecified atom stereocenters. The normalized spacial score (nSPS) is 17.9. The van der Waals surface area contributed by atoms with E-state index in [0.29, 0.717) is 69.3 Å². The fourth-order valence-electron chi connectivity index (χ4n) is 7.61.